The van der Waals surface area contributed by atoms with Gasteiger partial charge in [-0.15, -0.1) is 0 Å². The molecule has 0 N–H and O–H groups in total. The molecule has 2 nitrogen and oxygen atoms in total. The molecule has 2 fully saturated rings. The van der Waals surface area contributed by atoms with Crippen LogP contribution in [0.25, 0.3) is 0 Å². The van der Waals surface area contributed by atoms with Gasteiger partial charge in [0, 0.05) is 29.2 Å². The van der Waals surface area contributed by atoms with Gasteiger partial charge in [0.1, 0.15) is 0 Å². The first-order valence-corrected chi connectivity index (χ1v) is 7.20. The quantitative estimate of drug-likeness (QED) is 0.760. The van der Waals surface area contributed by atoms with E-state index >= 15 is 0 Å². The highest BCUT2D eigenvalue weighted by atomic mass is 32.2. The van der Waals surface area contributed by atoms with E-state index in [-0.39, 0.29) is 5.91 Å². The standard InChI is InChI=1S/C14H17NOS/c1-9-3-4-13(10(2)5-9)14(16)15-7-12-6-11(15)8-17-12/h3-5,11-12H,6-8H2,1-2H3. The molecule has 3 heteroatoms. The van der Waals surface area contributed by atoms with Crippen LogP contribution >= 0.6 is 11.8 Å². The number of amides is 1. The van der Waals surface area contributed by atoms with Crippen LogP contribution in [0.4, 0.5) is 0 Å². The van der Waals surface area contributed by atoms with Crippen LogP contribution in [0.15, 0.2) is 18.2 Å². The zero-order valence-electron chi connectivity index (χ0n) is 10.3. The first-order chi connectivity index (χ1) is 8.15. The number of hydrogen-bond acceptors (Lipinski definition) is 2. The van der Waals surface area contributed by atoms with Gasteiger partial charge in [-0.05, 0) is 31.9 Å². The van der Waals surface area contributed by atoms with Gasteiger partial charge in [-0.3, -0.25) is 4.79 Å². The highest BCUT2D eigenvalue weighted by molar-refractivity contribution is 8.00. The van der Waals surface area contributed by atoms with E-state index in [2.05, 4.69) is 17.9 Å². The maximum absolute atomic E-state index is 12.5. The summed E-state index contributed by atoms with van der Waals surface area (Å²) in [6, 6.07) is 6.59. The van der Waals surface area contributed by atoms with E-state index in [1.807, 2.05) is 30.8 Å². The number of nitrogens with zero attached hydrogens (tertiary/aromatic N) is 1. The molecule has 2 aliphatic heterocycles. The lowest BCUT2D eigenvalue weighted by Crippen LogP contribution is -2.39. The Balaban J connectivity index is 1.87. The summed E-state index contributed by atoms with van der Waals surface area (Å²) in [5, 5.41) is 0.690. The topological polar surface area (TPSA) is 20.3 Å². The molecule has 2 atom stereocenters. The molecule has 2 aliphatic rings. The number of fused-ring (bicyclic) bond motifs is 2. The minimum Gasteiger partial charge on any atom is -0.334 e. The highest BCUT2D eigenvalue weighted by Crippen LogP contribution is 2.38. The summed E-state index contributed by atoms with van der Waals surface area (Å²) in [6.07, 6.45) is 1.20. The summed E-state index contributed by atoms with van der Waals surface area (Å²) < 4.78 is 0. The van der Waals surface area contributed by atoms with Crippen LogP contribution in [0, 0.1) is 13.8 Å². The third-order valence-corrected chi connectivity index (χ3v) is 5.16. The predicted octanol–water partition coefficient (Wildman–Crippen LogP) is 2.63. The molecule has 90 valence electrons. The molecule has 1 aromatic carbocycles. The van der Waals surface area contributed by atoms with E-state index in [9.17, 15) is 4.79 Å². The Morgan fingerprint density at radius 1 is 1.41 bits per heavy atom. The number of aryl methyl sites for hydroxylation is 2. The van der Waals surface area contributed by atoms with Gasteiger partial charge in [0.15, 0.2) is 0 Å². The van der Waals surface area contributed by atoms with Crippen molar-refractivity contribution in [2.75, 3.05) is 12.3 Å². The molecule has 3 rings (SSSR count). The number of carbonyl (C=O) groups excluding carboxylic acids is 1. The summed E-state index contributed by atoms with van der Waals surface area (Å²) in [5.74, 6) is 1.36. The van der Waals surface area contributed by atoms with E-state index in [0.717, 1.165) is 23.4 Å². The maximum atomic E-state index is 12.5. The average Bonchev–Trinajstić information content (AvgIpc) is 2.89. The molecule has 0 aliphatic carbocycles. The Morgan fingerprint density at radius 2 is 2.24 bits per heavy atom. The van der Waals surface area contributed by atoms with Gasteiger partial charge in [0.05, 0.1) is 0 Å². The van der Waals surface area contributed by atoms with Gasteiger partial charge >= 0.3 is 0 Å². The molecular formula is C14H17NOS. The van der Waals surface area contributed by atoms with Gasteiger partial charge < -0.3 is 4.90 Å². The fraction of sp³-hybridized carbons (Fsp3) is 0.500. The Hall–Kier alpha value is -0.960. The van der Waals surface area contributed by atoms with Crippen molar-refractivity contribution in [1.82, 2.24) is 4.90 Å². The third-order valence-electron chi connectivity index (χ3n) is 3.77. The molecule has 0 spiro atoms. The number of rotatable bonds is 1. The van der Waals surface area contributed by atoms with Gasteiger partial charge in [0.25, 0.3) is 5.91 Å². The lowest BCUT2D eigenvalue weighted by atomic mass is 10.0. The van der Waals surface area contributed by atoms with Crippen molar-refractivity contribution in [3.05, 3.63) is 34.9 Å². The summed E-state index contributed by atoms with van der Waals surface area (Å²) in [5.41, 5.74) is 3.20. The Bertz CT molecular complexity index is 471. The molecule has 1 aromatic rings. The maximum Gasteiger partial charge on any atom is 0.254 e. The molecule has 1 amide bonds. The first-order valence-electron chi connectivity index (χ1n) is 6.15. The van der Waals surface area contributed by atoms with Crippen molar-refractivity contribution in [2.45, 2.75) is 31.6 Å². The SMILES string of the molecule is Cc1ccc(C(=O)N2CC3CC2CS3)c(C)c1. The van der Waals surface area contributed by atoms with Crippen LogP contribution in [0.2, 0.25) is 0 Å². The Labute approximate surface area is 106 Å². The second-order valence-corrected chi connectivity index (χ2v) is 6.45. The van der Waals surface area contributed by atoms with Crippen molar-refractivity contribution in [3.63, 3.8) is 0 Å². The van der Waals surface area contributed by atoms with Gasteiger partial charge in [-0.2, -0.15) is 11.8 Å². The number of carbonyl (C=O) groups is 1. The average molecular weight is 247 g/mol. The summed E-state index contributed by atoms with van der Waals surface area (Å²) in [6.45, 7) is 5.04. The molecule has 2 bridgehead atoms. The molecule has 0 saturated carbocycles. The Kier molecular flexibility index (Phi) is 2.66. The lowest BCUT2D eigenvalue weighted by molar-refractivity contribution is 0.0747. The van der Waals surface area contributed by atoms with Crippen molar-refractivity contribution in [3.8, 4) is 0 Å². The monoisotopic (exact) mass is 247 g/mol. The molecule has 0 radical (unpaired) electrons. The third kappa shape index (κ3) is 1.86. The van der Waals surface area contributed by atoms with Crippen molar-refractivity contribution >= 4 is 17.7 Å². The summed E-state index contributed by atoms with van der Waals surface area (Å²) in [4.78, 5) is 14.6. The van der Waals surface area contributed by atoms with Crippen LogP contribution in [0.5, 0.6) is 0 Å². The fourth-order valence-corrected chi connectivity index (χ4v) is 4.29. The van der Waals surface area contributed by atoms with Crippen LogP contribution in [-0.2, 0) is 0 Å². The smallest absolute Gasteiger partial charge is 0.254 e. The van der Waals surface area contributed by atoms with Crippen LogP contribution in [-0.4, -0.2) is 34.4 Å². The van der Waals surface area contributed by atoms with Crippen molar-refractivity contribution < 1.29 is 4.79 Å². The normalized spacial score (nSPS) is 26.6. The van der Waals surface area contributed by atoms with Crippen molar-refractivity contribution in [1.29, 1.82) is 0 Å². The van der Waals surface area contributed by atoms with Crippen LogP contribution in [0.3, 0.4) is 0 Å². The zero-order chi connectivity index (χ0) is 12.0. The van der Waals surface area contributed by atoms with Crippen LogP contribution < -0.4 is 0 Å². The zero-order valence-corrected chi connectivity index (χ0v) is 11.1. The van der Waals surface area contributed by atoms with E-state index in [4.69, 9.17) is 0 Å². The summed E-state index contributed by atoms with van der Waals surface area (Å²) >= 11 is 2.02. The molecule has 2 unspecified atom stereocenters. The van der Waals surface area contributed by atoms with Crippen molar-refractivity contribution in [2.24, 2.45) is 0 Å². The fourth-order valence-electron chi connectivity index (χ4n) is 2.86. The molecule has 0 aromatic heterocycles. The van der Waals surface area contributed by atoms with E-state index in [0.29, 0.717) is 11.3 Å². The number of likely N-dealkylation sites (tertiary alicyclic amines) is 1. The van der Waals surface area contributed by atoms with E-state index < -0.39 is 0 Å². The molecule has 2 heterocycles. The van der Waals surface area contributed by atoms with E-state index in [1.165, 1.54) is 12.0 Å². The second kappa shape index (κ2) is 4.05. The molecular weight excluding hydrogens is 230 g/mol. The number of hydrogen-bond donors (Lipinski definition) is 0. The number of thioether (sulfide) groups is 1. The van der Waals surface area contributed by atoms with Gasteiger partial charge in [-0.25, -0.2) is 0 Å². The lowest BCUT2D eigenvalue weighted by Gasteiger charge is -2.27. The number of benzene rings is 1. The first kappa shape index (κ1) is 11.1. The van der Waals surface area contributed by atoms with Crippen LogP contribution in [0.1, 0.15) is 27.9 Å². The second-order valence-electron chi connectivity index (χ2n) is 5.12. The molecule has 17 heavy (non-hydrogen) atoms. The minimum atomic E-state index is 0.232. The van der Waals surface area contributed by atoms with Gasteiger partial charge in [-0.1, -0.05) is 17.7 Å². The summed E-state index contributed by atoms with van der Waals surface area (Å²) in [7, 11) is 0. The van der Waals surface area contributed by atoms with E-state index in [1.54, 1.807) is 0 Å². The van der Waals surface area contributed by atoms with Gasteiger partial charge in [0.2, 0.25) is 0 Å². The highest BCUT2D eigenvalue weighted by Gasteiger charge is 2.41. The predicted molar refractivity (Wildman–Crippen MR) is 71.6 cm³/mol. The molecule has 2 saturated heterocycles. The Morgan fingerprint density at radius 3 is 2.82 bits per heavy atom. The largest absolute Gasteiger partial charge is 0.334 e. The minimum absolute atomic E-state index is 0.232.